The van der Waals surface area contributed by atoms with E-state index in [-0.39, 0.29) is 11.3 Å². The number of amides is 1. The van der Waals surface area contributed by atoms with Crippen LogP contribution in [-0.2, 0) is 17.8 Å². The SMILES string of the molecule is CCC1NN(Cc2ccc(-c3ccccc3-c3nn[nH]n3)cc2)C(=NC(=O)Cc2ccccc2)S1. The molecule has 1 aromatic heterocycles. The van der Waals surface area contributed by atoms with Gasteiger partial charge in [-0.05, 0) is 33.9 Å². The van der Waals surface area contributed by atoms with Crippen LogP contribution in [-0.4, -0.2) is 42.1 Å². The van der Waals surface area contributed by atoms with Crippen LogP contribution in [0.25, 0.3) is 22.5 Å². The molecule has 1 atom stereocenters. The van der Waals surface area contributed by atoms with Crippen molar-refractivity contribution in [3.8, 4) is 22.5 Å². The van der Waals surface area contributed by atoms with Gasteiger partial charge in [0.25, 0.3) is 5.91 Å². The first-order valence-electron chi connectivity index (χ1n) is 11.5. The minimum atomic E-state index is -0.143. The average Bonchev–Trinajstić information content (AvgIpc) is 3.56. The quantitative estimate of drug-likeness (QED) is 0.401. The van der Waals surface area contributed by atoms with Gasteiger partial charge in [0, 0.05) is 5.56 Å². The van der Waals surface area contributed by atoms with Gasteiger partial charge in [-0.1, -0.05) is 97.5 Å². The Hall–Kier alpha value is -3.82. The van der Waals surface area contributed by atoms with Crippen molar-refractivity contribution < 1.29 is 4.79 Å². The number of tetrazole rings is 1. The molecule has 1 aliphatic rings. The molecule has 176 valence electrons. The van der Waals surface area contributed by atoms with E-state index in [2.05, 4.69) is 62.2 Å². The predicted molar refractivity (Wildman–Crippen MR) is 138 cm³/mol. The maximum absolute atomic E-state index is 12.6. The molecule has 5 rings (SSSR count). The van der Waals surface area contributed by atoms with E-state index in [4.69, 9.17) is 0 Å². The molecule has 1 fully saturated rings. The second-order valence-corrected chi connectivity index (χ2v) is 9.33. The monoisotopic (exact) mass is 483 g/mol. The highest BCUT2D eigenvalue weighted by Crippen LogP contribution is 2.30. The van der Waals surface area contributed by atoms with Crippen LogP contribution in [0, 0.1) is 0 Å². The van der Waals surface area contributed by atoms with Crippen molar-refractivity contribution in [2.24, 2.45) is 4.99 Å². The molecular weight excluding hydrogens is 458 g/mol. The number of aromatic amines is 1. The van der Waals surface area contributed by atoms with Crippen LogP contribution in [0.1, 0.15) is 24.5 Å². The van der Waals surface area contributed by atoms with Gasteiger partial charge in [0.2, 0.25) is 5.82 Å². The molecule has 35 heavy (non-hydrogen) atoms. The maximum Gasteiger partial charge on any atom is 0.252 e. The number of thioether (sulfide) groups is 1. The minimum absolute atomic E-state index is 0.143. The molecule has 0 bridgehead atoms. The topological polar surface area (TPSA) is 99.2 Å². The van der Waals surface area contributed by atoms with Crippen LogP contribution >= 0.6 is 11.8 Å². The lowest BCUT2D eigenvalue weighted by atomic mass is 9.98. The van der Waals surface area contributed by atoms with Crippen molar-refractivity contribution in [2.45, 2.75) is 31.7 Å². The lowest BCUT2D eigenvalue weighted by Gasteiger charge is -2.19. The molecule has 9 heteroatoms. The fourth-order valence-corrected chi connectivity index (χ4v) is 4.92. The Morgan fingerprint density at radius 1 is 0.971 bits per heavy atom. The smallest absolute Gasteiger partial charge is 0.252 e. The van der Waals surface area contributed by atoms with E-state index in [1.807, 2.05) is 59.6 Å². The van der Waals surface area contributed by atoms with Crippen molar-refractivity contribution >= 4 is 22.8 Å². The van der Waals surface area contributed by atoms with Crippen molar-refractivity contribution in [3.05, 3.63) is 90.0 Å². The van der Waals surface area contributed by atoms with Gasteiger partial charge in [0.1, 0.15) is 0 Å². The zero-order valence-corrected chi connectivity index (χ0v) is 20.1. The number of hydrogen-bond donors (Lipinski definition) is 2. The molecule has 1 aliphatic heterocycles. The first-order chi connectivity index (χ1) is 17.2. The van der Waals surface area contributed by atoms with Gasteiger partial charge in [0.05, 0.1) is 18.3 Å². The van der Waals surface area contributed by atoms with Crippen molar-refractivity contribution in [2.75, 3.05) is 0 Å². The van der Waals surface area contributed by atoms with Gasteiger partial charge in [-0.2, -0.15) is 10.2 Å². The molecular formula is C26H25N7OS. The van der Waals surface area contributed by atoms with E-state index in [1.165, 1.54) is 0 Å². The zero-order valence-electron chi connectivity index (χ0n) is 19.3. The third kappa shape index (κ3) is 5.47. The molecule has 2 heterocycles. The summed E-state index contributed by atoms with van der Waals surface area (Å²) in [4.78, 5) is 17.1. The van der Waals surface area contributed by atoms with Crippen LogP contribution < -0.4 is 5.43 Å². The summed E-state index contributed by atoms with van der Waals surface area (Å²) in [5.41, 5.74) is 8.57. The number of rotatable bonds is 7. The van der Waals surface area contributed by atoms with Gasteiger partial charge in [-0.3, -0.25) is 9.80 Å². The molecule has 0 radical (unpaired) electrons. The summed E-state index contributed by atoms with van der Waals surface area (Å²) in [6.07, 6.45) is 1.23. The number of benzene rings is 3. The van der Waals surface area contributed by atoms with Crippen molar-refractivity contribution in [1.82, 2.24) is 31.1 Å². The summed E-state index contributed by atoms with van der Waals surface area (Å²) < 4.78 is 0. The summed E-state index contributed by atoms with van der Waals surface area (Å²) in [5, 5.41) is 17.3. The lowest BCUT2D eigenvalue weighted by molar-refractivity contribution is -0.117. The Morgan fingerprint density at radius 3 is 2.43 bits per heavy atom. The zero-order chi connectivity index (χ0) is 24.0. The molecule has 0 aliphatic carbocycles. The number of hydrazine groups is 1. The first-order valence-corrected chi connectivity index (χ1v) is 12.4. The number of nitrogens with zero attached hydrogens (tertiary/aromatic N) is 5. The molecule has 3 aromatic carbocycles. The summed E-state index contributed by atoms with van der Waals surface area (Å²) in [6, 6.07) is 26.1. The molecule has 2 N–H and O–H groups in total. The first kappa shape index (κ1) is 22.9. The average molecular weight is 484 g/mol. The maximum atomic E-state index is 12.6. The fourth-order valence-electron chi connectivity index (χ4n) is 3.92. The van der Waals surface area contributed by atoms with Gasteiger partial charge in [0.15, 0.2) is 5.17 Å². The molecule has 4 aromatic rings. The number of carbonyl (C=O) groups is 1. The standard InChI is InChI=1S/C26H25N7OS/c1-2-24-30-33(26(35-24)27-23(34)16-18-8-4-3-5-9-18)17-19-12-14-20(15-13-19)21-10-6-7-11-22(21)25-28-31-32-29-25/h3-15,24,30H,2,16-17H2,1H3,(H,28,29,31,32). The number of aliphatic imine (C=N–C) groups is 1. The highest BCUT2D eigenvalue weighted by molar-refractivity contribution is 8.14. The van der Waals surface area contributed by atoms with Crippen LogP contribution in [0.4, 0.5) is 0 Å². The Labute approximate surface area is 207 Å². The van der Waals surface area contributed by atoms with E-state index >= 15 is 0 Å². The number of nitrogens with one attached hydrogen (secondary N) is 2. The number of H-pyrrole nitrogens is 1. The second-order valence-electron chi connectivity index (χ2n) is 8.16. The Bertz CT molecular complexity index is 1310. The third-order valence-corrected chi connectivity index (χ3v) is 6.93. The summed E-state index contributed by atoms with van der Waals surface area (Å²) >= 11 is 1.60. The normalized spacial score (nSPS) is 16.7. The van der Waals surface area contributed by atoms with Gasteiger partial charge in [-0.15, -0.1) is 10.2 Å². The minimum Gasteiger partial charge on any atom is -0.281 e. The van der Waals surface area contributed by atoms with Gasteiger partial charge in [-0.25, -0.2) is 5.43 Å². The molecule has 8 nitrogen and oxygen atoms in total. The van der Waals surface area contributed by atoms with Crippen LogP contribution in [0.5, 0.6) is 0 Å². The van der Waals surface area contributed by atoms with Crippen LogP contribution in [0.3, 0.4) is 0 Å². The van der Waals surface area contributed by atoms with E-state index in [9.17, 15) is 4.79 Å². The largest absolute Gasteiger partial charge is 0.281 e. The number of carbonyl (C=O) groups excluding carboxylic acids is 1. The summed E-state index contributed by atoms with van der Waals surface area (Å²) in [6.45, 7) is 2.72. The van der Waals surface area contributed by atoms with Gasteiger partial charge >= 0.3 is 0 Å². The number of aromatic nitrogens is 4. The molecule has 0 spiro atoms. The molecule has 1 amide bonds. The summed E-state index contributed by atoms with van der Waals surface area (Å²) in [5.74, 6) is 0.422. The fraction of sp³-hybridized carbons (Fsp3) is 0.192. The van der Waals surface area contributed by atoms with Gasteiger partial charge < -0.3 is 0 Å². The molecule has 0 saturated carbocycles. The predicted octanol–water partition coefficient (Wildman–Crippen LogP) is 4.45. The molecule has 1 unspecified atom stereocenters. The lowest BCUT2D eigenvalue weighted by Crippen LogP contribution is -2.37. The van der Waals surface area contributed by atoms with E-state index < -0.39 is 0 Å². The van der Waals surface area contributed by atoms with Crippen LogP contribution in [0.2, 0.25) is 0 Å². The number of amidine groups is 1. The van der Waals surface area contributed by atoms with Crippen molar-refractivity contribution in [1.29, 1.82) is 0 Å². The molecule has 1 saturated heterocycles. The van der Waals surface area contributed by atoms with Crippen LogP contribution in [0.15, 0.2) is 83.9 Å². The van der Waals surface area contributed by atoms with Crippen molar-refractivity contribution in [3.63, 3.8) is 0 Å². The second kappa shape index (κ2) is 10.6. The van der Waals surface area contributed by atoms with E-state index in [0.29, 0.717) is 24.0 Å². The van der Waals surface area contributed by atoms with E-state index in [1.54, 1.807) is 11.8 Å². The van der Waals surface area contributed by atoms with E-state index in [0.717, 1.165) is 34.2 Å². The number of hydrogen-bond acceptors (Lipinski definition) is 6. The summed E-state index contributed by atoms with van der Waals surface area (Å²) in [7, 11) is 0. The third-order valence-electron chi connectivity index (χ3n) is 5.69. The highest BCUT2D eigenvalue weighted by atomic mass is 32.2. The Kier molecular flexibility index (Phi) is 6.97. The Morgan fingerprint density at radius 2 is 1.71 bits per heavy atom. The highest BCUT2D eigenvalue weighted by Gasteiger charge is 2.28. The Balaban J connectivity index is 1.32.